The van der Waals surface area contributed by atoms with Crippen LogP contribution in [0.15, 0.2) is 12.1 Å². The molecule has 0 fully saturated rings. The molecule has 1 aliphatic rings. The van der Waals surface area contributed by atoms with Gasteiger partial charge in [-0.2, -0.15) is 13.2 Å². The van der Waals surface area contributed by atoms with Crippen molar-refractivity contribution < 1.29 is 22.7 Å². The highest BCUT2D eigenvalue weighted by molar-refractivity contribution is 6.32. The Bertz CT molecular complexity index is 533. The van der Waals surface area contributed by atoms with Crippen molar-refractivity contribution in [1.82, 2.24) is 0 Å². The van der Waals surface area contributed by atoms with Gasteiger partial charge in [0.25, 0.3) is 0 Å². The van der Waals surface area contributed by atoms with Gasteiger partial charge in [0.15, 0.2) is 6.10 Å². The molecule has 0 saturated heterocycles. The predicted octanol–water partition coefficient (Wildman–Crippen LogP) is 2.62. The van der Waals surface area contributed by atoms with Crippen LogP contribution in [-0.2, 0) is 4.79 Å². The summed E-state index contributed by atoms with van der Waals surface area (Å²) in [5.74, 6) is -0.591. The Hall–Kier alpha value is -1.47. The topological polar surface area (TPSA) is 64.3 Å². The molecule has 2 rings (SSSR count). The first-order chi connectivity index (χ1) is 8.70. The number of rotatable bonds is 2. The number of fused-ring (bicyclic) bond motifs is 1. The molecule has 0 radical (unpaired) electrons. The van der Waals surface area contributed by atoms with Gasteiger partial charge in [-0.25, -0.2) is 0 Å². The first-order valence-electron chi connectivity index (χ1n) is 5.33. The quantitative estimate of drug-likeness (QED) is 0.881. The molecular formula is C11H10ClF3N2O2. The lowest BCUT2D eigenvalue weighted by Gasteiger charge is -2.19. The van der Waals surface area contributed by atoms with Crippen LogP contribution < -0.4 is 15.8 Å². The van der Waals surface area contributed by atoms with E-state index in [1.165, 1.54) is 12.1 Å². The molecule has 8 heteroatoms. The molecule has 0 saturated carbocycles. The van der Waals surface area contributed by atoms with Crippen LogP contribution in [0, 0.1) is 0 Å². The number of amides is 1. The van der Waals surface area contributed by atoms with Gasteiger partial charge in [-0.05, 0) is 13.0 Å². The monoisotopic (exact) mass is 294 g/mol. The maximum Gasteiger partial charge on any atom is 0.425 e. The molecule has 0 bridgehead atoms. The normalized spacial score (nSPS) is 19.9. The van der Waals surface area contributed by atoms with Gasteiger partial charge < -0.3 is 15.8 Å². The van der Waals surface area contributed by atoms with Crippen LogP contribution in [0.5, 0.6) is 5.75 Å². The second-order valence-electron chi connectivity index (χ2n) is 4.14. The van der Waals surface area contributed by atoms with Gasteiger partial charge in [-0.1, -0.05) is 11.6 Å². The zero-order valence-electron chi connectivity index (χ0n) is 9.72. The van der Waals surface area contributed by atoms with Crippen LogP contribution >= 0.6 is 11.6 Å². The number of nitrogens with two attached hydrogens (primary N) is 1. The highest BCUT2D eigenvalue weighted by atomic mass is 35.5. The lowest BCUT2D eigenvalue weighted by Crippen LogP contribution is -2.31. The van der Waals surface area contributed by atoms with Gasteiger partial charge in [0.2, 0.25) is 5.91 Å². The minimum absolute atomic E-state index is 0.0261. The van der Waals surface area contributed by atoms with Crippen molar-refractivity contribution in [3.8, 4) is 5.75 Å². The Morgan fingerprint density at radius 3 is 2.68 bits per heavy atom. The van der Waals surface area contributed by atoms with Crippen molar-refractivity contribution in [3.63, 3.8) is 0 Å². The average molecular weight is 295 g/mol. The van der Waals surface area contributed by atoms with Crippen molar-refractivity contribution in [3.05, 3.63) is 22.7 Å². The van der Waals surface area contributed by atoms with E-state index >= 15 is 0 Å². The van der Waals surface area contributed by atoms with E-state index in [0.717, 1.165) is 6.92 Å². The van der Waals surface area contributed by atoms with Crippen LogP contribution in [-0.4, -0.2) is 18.2 Å². The van der Waals surface area contributed by atoms with Crippen LogP contribution in [0.2, 0.25) is 5.02 Å². The lowest BCUT2D eigenvalue weighted by molar-refractivity contribution is -0.189. The Labute approximate surface area is 111 Å². The van der Waals surface area contributed by atoms with Crippen LogP contribution in [0.1, 0.15) is 18.5 Å². The van der Waals surface area contributed by atoms with Gasteiger partial charge >= 0.3 is 6.18 Å². The van der Waals surface area contributed by atoms with Crippen LogP contribution in [0.4, 0.5) is 18.9 Å². The van der Waals surface area contributed by atoms with Gasteiger partial charge in [0, 0.05) is 17.3 Å². The van der Waals surface area contributed by atoms with Gasteiger partial charge in [0.05, 0.1) is 5.02 Å². The number of benzene rings is 1. The maximum absolute atomic E-state index is 12.4. The average Bonchev–Trinajstić information content (AvgIpc) is 2.55. The van der Waals surface area contributed by atoms with E-state index in [1.807, 2.05) is 0 Å². The van der Waals surface area contributed by atoms with Crippen LogP contribution in [0.3, 0.4) is 0 Å². The molecule has 1 heterocycles. The van der Waals surface area contributed by atoms with Gasteiger partial charge in [-0.3, -0.25) is 4.79 Å². The van der Waals surface area contributed by atoms with E-state index in [2.05, 4.69) is 5.32 Å². The summed E-state index contributed by atoms with van der Waals surface area (Å²) in [5.41, 5.74) is 6.33. The minimum Gasteiger partial charge on any atom is -0.480 e. The van der Waals surface area contributed by atoms with E-state index in [1.54, 1.807) is 0 Å². The van der Waals surface area contributed by atoms with Gasteiger partial charge in [0.1, 0.15) is 11.8 Å². The molecule has 1 amide bonds. The molecular weight excluding hydrogens is 285 g/mol. The number of alkyl halides is 3. The third-order valence-electron chi connectivity index (χ3n) is 2.74. The Balaban J connectivity index is 2.30. The van der Waals surface area contributed by atoms with E-state index in [4.69, 9.17) is 22.1 Å². The molecule has 3 N–H and O–H groups in total. The van der Waals surface area contributed by atoms with Crippen molar-refractivity contribution in [2.45, 2.75) is 25.2 Å². The largest absolute Gasteiger partial charge is 0.480 e. The molecule has 2 atom stereocenters. The number of carbonyl (C=O) groups excluding carboxylic acids is 1. The molecule has 1 aromatic rings. The Morgan fingerprint density at radius 1 is 1.47 bits per heavy atom. The van der Waals surface area contributed by atoms with Crippen molar-refractivity contribution in [2.75, 3.05) is 5.32 Å². The summed E-state index contributed by atoms with van der Waals surface area (Å²) in [6, 6.07) is 1.70. The standard InChI is InChI=1S/C11H10ClF3N2O2/c1-4(11(13,14)15)19-8-3-7-5(2-6(8)12)9(16)10(18)17-7/h2-4,9H,16H2,1H3,(H,17,18). The van der Waals surface area contributed by atoms with E-state index in [-0.39, 0.29) is 10.8 Å². The smallest absolute Gasteiger partial charge is 0.425 e. The zero-order chi connectivity index (χ0) is 14.4. The van der Waals surface area contributed by atoms with Crippen molar-refractivity contribution in [1.29, 1.82) is 0 Å². The molecule has 1 aromatic carbocycles. The fourth-order valence-electron chi connectivity index (χ4n) is 1.63. The second-order valence-corrected chi connectivity index (χ2v) is 4.55. The third kappa shape index (κ3) is 2.62. The number of anilines is 1. The van der Waals surface area contributed by atoms with E-state index in [9.17, 15) is 18.0 Å². The number of ether oxygens (including phenoxy) is 1. The number of nitrogens with one attached hydrogen (secondary N) is 1. The minimum atomic E-state index is -4.50. The Morgan fingerprint density at radius 2 is 2.11 bits per heavy atom. The van der Waals surface area contributed by atoms with Crippen molar-refractivity contribution in [2.24, 2.45) is 5.73 Å². The van der Waals surface area contributed by atoms with E-state index < -0.39 is 24.2 Å². The lowest BCUT2D eigenvalue weighted by atomic mass is 10.1. The molecule has 0 aliphatic carbocycles. The number of hydrogen-bond donors (Lipinski definition) is 2. The third-order valence-corrected chi connectivity index (χ3v) is 3.04. The predicted molar refractivity (Wildman–Crippen MR) is 63.2 cm³/mol. The fraction of sp³-hybridized carbons (Fsp3) is 0.364. The summed E-state index contributed by atoms with van der Waals surface area (Å²) in [6.45, 7) is 0.869. The number of hydrogen-bond acceptors (Lipinski definition) is 3. The maximum atomic E-state index is 12.4. The first kappa shape index (κ1) is 14.0. The molecule has 19 heavy (non-hydrogen) atoms. The molecule has 2 unspecified atom stereocenters. The summed E-state index contributed by atoms with van der Waals surface area (Å²) < 4.78 is 42.0. The van der Waals surface area contributed by atoms with Crippen LogP contribution in [0.25, 0.3) is 0 Å². The molecule has 4 nitrogen and oxygen atoms in total. The number of carbonyl (C=O) groups is 1. The van der Waals surface area contributed by atoms with Crippen molar-refractivity contribution >= 4 is 23.2 Å². The van der Waals surface area contributed by atoms with E-state index in [0.29, 0.717) is 11.3 Å². The summed E-state index contributed by atoms with van der Waals surface area (Å²) >= 11 is 5.83. The summed E-state index contributed by atoms with van der Waals surface area (Å²) in [6.07, 6.45) is -6.50. The highest BCUT2D eigenvalue weighted by Crippen LogP contribution is 2.39. The van der Waals surface area contributed by atoms with Gasteiger partial charge in [-0.15, -0.1) is 0 Å². The summed E-state index contributed by atoms with van der Waals surface area (Å²) in [4.78, 5) is 11.3. The zero-order valence-corrected chi connectivity index (χ0v) is 10.5. The number of halogens is 4. The Kier molecular flexibility index (Phi) is 3.36. The molecule has 0 spiro atoms. The highest BCUT2D eigenvalue weighted by Gasteiger charge is 2.39. The molecule has 1 aliphatic heterocycles. The first-order valence-corrected chi connectivity index (χ1v) is 5.71. The summed E-state index contributed by atoms with van der Waals surface area (Å²) in [7, 11) is 0. The molecule has 104 valence electrons. The summed E-state index contributed by atoms with van der Waals surface area (Å²) in [5, 5.41) is 2.42. The molecule has 0 aromatic heterocycles. The SMILES string of the molecule is CC(Oc1cc2c(cc1Cl)C(N)C(=O)N2)C(F)(F)F. The second kappa shape index (κ2) is 4.57. The fourth-order valence-corrected chi connectivity index (χ4v) is 1.85.